The summed E-state index contributed by atoms with van der Waals surface area (Å²) in [6.07, 6.45) is 15.2. The second-order valence-corrected chi connectivity index (χ2v) is 11.4. The molecule has 2 aliphatic rings. The number of rotatable bonds is 9. The first kappa shape index (κ1) is 35.2. The van der Waals surface area contributed by atoms with Gasteiger partial charge in [0.2, 0.25) is 0 Å². The van der Waals surface area contributed by atoms with E-state index in [0.29, 0.717) is 0 Å². The van der Waals surface area contributed by atoms with Crippen LogP contribution in [-0.4, -0.2) is 26.0 Å². The lowest BCUT2D eigenvalue weighted by molar-refractivity contribution is -0.00829. The molecule has 5 heteroatoms. The predicted octanol–water partition coefficient (Wildman–Crippen LogP) is 11.2. The maximum Gasteiger partial charge on any atom is 0.273 e. The van der Waals surface area contributed by atoms with Crippen molar-refractivity contribution in [1.29, 1.82) is 0 Å². The molecule has 228 valence electrons. The molecule has 0 saturated heterocycles. The van der Waals surface area contributed by atoms with Gasteiger partial charge >= 0.3 is 0 Å². The van der Waals surface area contributed by atoms with Crippen LogP contribution in [0.1, 0.15) is 81.0 Å². The van der Waals surface area contributed by atoms with E-state index >= 15 is 0 Å². The maximum absolute atomic E-state index is 13.3. The largest absolute Gasteiger partial charge is 0.388 e. The van der Waals surface area contributed by atoms with Gasteiger partial charge in [0.15, 0.2) is 0 Å². The second kappa shape index (κ2) is 19.3. The smallest absolute Gasteiger partial charge is 0.273 e. The molecule has 0 spiro atoms. The molecule has 0 atom stereocenters. The molecular weight excluding hydrogens is 546 g/mol. The molecule has 0 unspecified atom stereocenters. The van der Waals surface area contributed by atoms with E-state index in [0.717, 1.165) is 30.0 Å². The Bertz CT molecular complexity index is 1190. The molecule has 3 aromatic carbocycles. The van der Waals surface area contributed by atoms with Crippen molar-refractivity contribution < 1.29 is 8.78 Å². The molecule has 2 saturated carbocycles. The number of anilines is 1. The van der Waals surface area contributed by atoms with E-state index in [4.69, 9.17) is 11.6 Å². The van der Waals surface area contributed by atoms with E-state index in [1.807, 2.05) is 31.3 Å². The molecule has 0 bridgehead atoms. The molecule has 0 heterocycles. The lowest BCUT2D eigenvalue weighted by atomic mass is 10.0. The summed E-state index contributed by atoms with van der Waals surface area (Å²) in [7, 11) is 6.04. The summed E-state index contributed by atoms with van der Waals surface area (Å²) in [6, 6.07) is 23.0. The summed E-state index contributed by atoms with van der Waals surface area (Å²) in [6.45, 7) is 4.54. The van der Waals surface area contributed by atoms with Gasteiger partial charge in [0.05, 0.1) is 0 Å². The van der Waals surface area contributed by atoms with E-state index < -0.39 is 5.92 Å². The zero-order chi connectivity index (χ0) is 30.8. The Morgan fingerprint density at radius 2 is 1.38 bits per heavy atom. The van der Waals surface area contributed by atoms with Crippen LogP contribution in [0.3, 0.4) is 0 Å². The fourth-order valence-corrected chi connectivity index (χ4v) is 3.75. The average molecular weight is 595 g/mol. The highest BCUT2D eigenvalue weighted by Gasteiger charge is 2.28. The maximum atomic E-state index is 13.3. The number of alkyl halides is 2. The van der Waals surface area contributed by atoms with Crippen LogP contribution in [-0.2, 0) is 18.9 Å². The standard InChI is InChI=1S/C14H18F2.C11H13N.C9H12ClN.C3H6/c1-3-5-6-7-12-8-10-13(11-9-12)14(15,16)4-2;1-12-11-6-4-10(5-7-11)8-9-2-3-9;1-11(2)7-8-3-5-9(10)6-4-8;1-2-3-1/h5-6,8-11H,3-4,7H2,1-2H3;4-8,12H,2-3H2,1H3;3-6H,7H2,1-2H3;1-3H2/b6-5+;;;. The van der Waals surface area contributed by atoms with Crippen molar-refractivity contribution in [2.45, 2.75) is 77.7 Å². The normalized spacial score (nSPS) is 13.2. The fraction of sp³-hybridized carbons (Fsp3) is 0.405. The minimum Gasteiger partial charge on any atom is -0.388 e. The third-order valence-electron chi connectivity index (χ3n) is 6.45. The number of benzene rings is 3. The number of hydrogen-bond donors (Lipinski definition) is 1. The number of halogens is 3. The first-order chi connectivity index (χ1) is 20.2. The number of nitrogens with zero attached hydrogens (tertiary/aromatic N) is 1. The predicted molar refractivity (Wildman–Crippen MR) is 180 cm³/mol. The Balaban J connectivity index is 0.000000212. The second-order valence-electron chi connectivity index (χ2n) is 10.9. The Morgan fingerprint density at radius 1 is 0.810 bits per heavy atom. The van der Waals surface area contributed by atoms with Crippen molar-refractivity contribution in [3.05, 3.63) is 118 Å². The highest BCUT2D eigenvalue weighted by Crippen LogP contribution is 2.31. The molecule has 0 amide bonds. The van der Waals surface area contributed by atoms with Crippen molar-refractivity contribution in [2.24, 2.45) is 0 Å². The first-order valence-corrected chi connectivity index (χ1v) is 15.5. The Morgan fingerprint density at radius 3 is 1.83 bits per heavy atom. The van der Waals surface area contributed by atoms with Crippen LogP contribution in [0.25, 0.3) is 6.08 Å². The van der Waals surface area contributed by atoms with Crippen LogP contribution in [0.2, 0.25) is 5.02 Å². The van der Waals surface area contributed by atoms with Crippen molar-refractivity contribution in [3.8, 4) is 0 Å². The minimum absolute atomic E-state index is 0.109. The SMILES string of the molecule is C1CC1.CC/C=C/Cc1ccc(C(F)(F)CC)cc1.CN(C)Cc1ccc(Cl)cc1.CNc1ccc(C=C2CC2)cc1. The molecule has 2 aliphatic carbocycles. The van der Waals surface area contributed by atoms with Gasteiger partial charge in [-0.2, -0.15) is 0 Å². The van der Waals surface area contributed by atoms with Crippen LogP contribution < -0.4 is 5.32 Å². The number of allylic oxidation sites excluding steroid dienone is 3. The Labute approximate surface area is 258 Å². The molecule has 0 aromatic heterocycles. The van der Waals surface area contributed by atoms with Gasteiger partial charge < -0.3 is 10.2 Å². The van der Waals surface area contributed by atoms with Gasteiger partial charge in [0.25, 0.3) is 5.92 Å². The molecule has 42 heavy (non-hydrogen) atoms. The van der Waals surface area contributed by atoms with E-state index in [-0.39, 0.29) is 12.0 Å². The van der Waals surface area contributed by atoms with Crippen LogP contribution in [0.15, 0.2) is 90.5 Å². The highest BCUT2D eigenvalue weighted by atomic mass is 35.5. The van der Waals surface area contributed by atoms with Gasteiger partial charge in [-0.1, -0.05) is 117 Å². The zero-order valence-corrected chi connectivity index (χ0v) is 26.9. The summed E-state index contributed by atoms with van der Waals surface area (Å²) in [5, 5.41) is 3.90. The van der Waals surface area contributed by atoms with Crippen LogP contribution in [0, 0.1) is 0 Å². The van der Waals surface area contributed by atoms with Gasteiger partial charge in [-0.15, -0.1) is 0 Å². The lowest BCUT2D eigenvalue weighted by Crippen LogP contribution is -2.11. The highest BCUT2D eigenvalue weighted by molar-refractivity contribution is 6.30. The van der Waals surface area contributed by atoms with Gasteiger partial charge in [0, 0.05) is 36.3 Å². The monoisotopic (exact) mass is 594 g/mol. The summed E-state index contributed by atoms with van der Waals surface area (Å²) in [4.78, 5) is 2.13. The lowest BCUT2D eigenvalue weighted by Gasteiger charge is -2.14. The molecule has 1 N–H and O–H groups in total. The molecule has 2 nitrogen and oxygen atoms in total. The summed E-state index contributed by atoms with van der Waals surface area (Å²) >= 11 is 5.73. The zero-order valence-electron chi connectivity index (χ0n) is 26.1. The van der Waals surface area contributed by atoms with Gasteiger partial charge in [0.1, 0.15) is 0 Å². The van der Waals surface area contributed by atoms with E-state index in [9.17, 15) is 8.78 Å². The molecule has 0 aliphatic heterocycles. The van der Waals surface area contributed by atoms with Gasteiger partial charge in [-0.3, -0.25) is 0 Å². The van der Waals surface area contributed by atoms with Crippen LogP contribution in [0.5, 0.6) is 0 Å². The molecule has 3 aromatic rings. The van der Waals surface area contributed by atoms with Crippen LogP contribution in [0.4, 0.5) is 14.5 Å². The van der Waals surface area contributed by atoms with Crippen molar-refractivity contribution in [1.82, 2.24) is 4.90 Å². The average Bonchev–Trinajstić information content (AvgIpc) is 3.91. The molecule has 5 rings (SSSR count). The van der Waals surface area contributed by atoms with Crippen LogP contribution >= 0.6 is 11.6 Å². The molecule has 2 fully saturated rings. The minimum atomic E-state index is -2.70. The van der Waals surface area contributed by atoms with E-state index in [1.165, 1.54) is 68.0 Å². The third kappa shape index (κ3) is 15.9. The van der Waals surface area contributed by atoms with E-state index in [1.54, 1.807) is 17.7 Å². The summed E-state index contributed by atoms with van der Waals surface area (Å²) in [5.74, 6) is -2.70. The van der Waals surface area contributed by atoms with Crippen molar-refractivity contribution in [3.63, 3.8) is 0 Å². The van der Waals surface area contributed by atoms with Crippen molar-refractivity contribution >= 4 is 23.4 Å². The fourth-order valence-electron chi connectivity index (χ4n) is 3.63. The van der Waals surface area contributed by atoms with Crippen molar-refractivity contribution in [2.75, 3.05) is 26.5 Å². The first-order valence-electron chi connectivity index (χ1n) is 15.2. The summed E-state index contributed by atoms with van der Waals surface area (Å²) < 4.78 is 26.6. The quantitative estimate of drug-likeness (QED) is 0.248. The number of nitrogens with one attached hydrogen (secondary N) is 1. The molecular formula is C37H49ClF2N2. The Hall–Kier alpha value is -2.95. The summed E-state index contributed by atoms with van der Waals surface area (Å²) in [5.41, 5.74) is 6.54. The third-order valence-corrected chi connectivity index (χ3v) is 6.70. The Kier molecular flexibility index (Phi) is 16.2. The number of hydrogen-bond acceptors (Lipinski definition) is 2. The molecule has 0 radical (unpaired) electrons. The topological polar surface area (TPSA) is 15.3 Å². The van der Waals surface area contributed by atoms with E-state index in [2.05, 4.69) is 73.7 Å². The van der Waals surface area contributed by atoms with Gasteiger partial charge in [-0.05, 0) is 80.7 Å². The van der Waals surface area contributed by atoms with Gasteiger partial charge in [-0.25, -0.2) is 8.78 Å².